The zero-order chi connectivity index (χ0) is 18.4. The van der Waals surface area contributed by atoms with Crippen molar-refractivity contribution in [3.63, 3.8) is 0 Å². The molecule has 152 valence electrons. The number of nitrogens with one attached hydrogen (secondary N) is 2. The van der Waals surface area contributed by atoms with E-state index in [2.05, 4.69) is 46.8 Å². The summed E-state index contributed by atoms with van der Waals surface area (Å²) in [5, 5.41) is 6.02. The minimum atomic E-state index is -0.335. The Bertz CT molecular complexity index is 757. The summed E-state index contributed by atoms with van der Waals surface area (Å²) >= 11 is 0. The Hall–Kier alpha value is -2.15. The van der Waals surface area contributed by atoms with Gasteiger partial charge in [-0.3, -0.25) is 14.6 Å². The van der Waals surface area contributed by atoms with Gasteiger partial charge in [-0.2, -0.15) is 0 Å². The predicted octanol–water partition coefficient (Wildman–Crippen LogP) is 2.39. The number of benzene rings is 1. The zero-order valence-electron chi connectivity index (χ0n) is 15.8. The van der Waals surface area contributed by atoms with Crippen molar-refractivity contribution < 1.29 is 9.59 Å². The SMILES string of the molecule is CCc1ccc(C2CNCCN2C(=O)CNC(=O)c2ccccn2)cc1.Cl.Cl. The van der Waals surface area contributed by atoms with Gasteiger partial charge in [0.1, 0.15) is 5.69 Å². The molecule has 28 heavy (non-hydrogen) atoms. The highest BCUT2D eigenvalue weighted by molar-refractivity contribution is 5.94. The Morgan fingerprint density at radius 3 is 2.57 bits per heavy atom. The molecule has 0 aliphatic carbocycles. The highest BCUT2D eigenvalue weighted by atomic mass is 35.5. The molecule has 8 heteroatoms. The van der Waals surface area contributed by atoms with Crippen molar-refractivity contribution in [3.05, 3.63) is 65.5 Å². The molecule has 0 saturated carbocycles. The van der Waals surface area contributed by atoms with Crippen LogP contribution in [-0.2, 0) is 11.2 Å². The Balaban J connectivity index is 0.00000196. The van der Waals surface area contributed by atoms with Crippen LogP contribution < -0.4 is 10.6 Å². The molecule has 0 bridgehead atoms. The average Bonchev–Trinajstić information content (AvgIpc) is 2.72. The van der Waals surface area contributed by atoms with Crippen LogP contribution in [0, 0.1) is 0 Å². The Kier molecular flexibility index (Phi) is 9.93. The van der Waals surface area contributed by atoms with Gasteiger partial charge in [-0.15, -0.1) is 24.8 Å². The topological polar surface area (TPSA) is 74.3 Å². The first-order valence-electron chi connectivity index (χ1n) is 8.97. The summed E-state index contributed by atoms with van der Waals surface area (Å²) in [7, 11) is 0. The van der Waals surface area contributed by atoms with E-state index in [1.807, 2.05) is 4.90 Å². The molecule has 2 amide bonds. The van der Waals surface area contributed by atoms with Gasteiger partial charge < -0.3 is 15.5 Å². The van der Waals surface area contributed by atoms with Crippen LogP contribution in [0.4, 0.5) is 0 Å². The first-order chi connectivity index (χ1) is 12.7. The lowest BCUT2D eigenvalue weighted by molar-refractivity contribution is -0.133. The number of hydrogen-bond donors (Lipinski definition) is 2. The van der Waals surface area contributed by atoms with E-state index in [9.17, 15) is 9.59 Å². The number of hydrogen-bond acceptors (Lipinski definition) is 4. The van der Waals surface area contributed by atoms with E-state index in [-0.39, 0.29) is 49.2 Å². The maximum atomic E-state index is 12.7. The first kappa shape index (κ1) is 23.9. The molecule has 1 aromatic heterocycles. The van der Waals surface area contributed by atoms with Gasteiger partial charge in [0.25, 0.3) is 5.91 Å². The fraction of sp³-hybridized carbons (Fsp3) is 0.350. The predicted molar refractivity (Wildman–Crippen MR) is 114 cm³/mol. The van der Waals surface area contributed by atoms with E-state index in [1.165, 1.54) is 5.56 Å². The molecule has 3 rings (SSSR count). The molecule has 1 aliphatic rings. The molecule has 1 aliphatic heterocycles. The second-order valence-electron chi connectivity index (χ2n) is 6.30. The summed E-state index contributed by atoms with van der Waals surface area (Å²) in [5.74, 6) is -0.418. The minimum absolute atomic E-state index is 0. The van der Waals surface area contributed by atoms with E-state index in [4.69, 9.17) is 0 Å². The van der Waals surface area contributed by atoms with Crippen LogP contribution >= 0.6 is 24.8 Å². The van der Waals surface area contributed by atoms with Crippen molar-refractivity contribution >= 4 is 36.6 Å². The lowest BCUT2D eigenvalue weighted by atomic mass is 10.0. The van der Waals surface area contributed by atoms with Crippen LogP contribution in [0.15, 0.2) is 48.7 Å². The molecule has 1 aromatic carbocycles. The van der Waals surface area contributed by atoms with E-state index in [0.29, 0.717) is 18.8 Å². The largest absolute Gasteiger partial charge is 0.342 e. The summed E-state index contributed by atoms with van der Waals surface area (Å²) < 4.78 is 0. The molecule has 2 heterocycles. The summed E-state index contributed by atoms with van der Waals surface area (Å²) in [5.41, 5.74) is 2.70. The fourth-order valence-corrected chi connectivity index (χ4v) is 3.12. The third kappa shape index (κ3) is 5.92. The standard InChI is InChI=1S/C20H24N4O2.2ClH/c1-2-15-6-8-16(9-7-15)18-13-21-11-12-24(18)19(25)14-23-20(26)17-5-3-4-10-22-17;;/h3-10,18,21H,2,11-14H2,1H3,(H,23,26);2*1H. The highest BCUT2D eigenvalue weighted by Crippen LogP contribution is 2.22. The van der Waals surface area contributed by atoms with Crippen molar-refractivity contribution in [3.8, 4) is 0 Å². The third-order valence-corrected chi connectivity index (χ3v) is 4.63. The van der Waals surface area contributed by atoms with Crippen LogP contribution in [0.5, 0.6) is 0 Å². The molecule has 1 unspecified atom stereocenters. The van der Waals surface area contributed by atoms with Crippen LogP contribution in [0.25, 0.3) is 0 Å². The van der Waals surface area contributed by atoms with Crippen molar-refractivity contribution in [2.45, 2.75) is 19.4 Å². The number of carbonyl (C=O) groups excluding carboxylic acids is 2. The number of halogens is 2. The lowest BCUT2D eigenvalue weighted by Crippen LogP contribution is -2.51. The van der Waals surface area contributed by atoms with Gasteiger partial charge in [0.05, 0.1) is 12.6 Å². The minimum Gasteiger partial charge on any atom is -0.342 e. The molecule has 2 N–H and O–H groups in total. The van der Waals surface area contributed by atoms with E-state index in [1.54, 1.807) is 24.4 Å². The quantitative estimate of drug-likeness (QED) is 0.772. The van der Waals surface area contributed by atoms with Gasteiger partial charge in [0.15, 0.2) is 0 Å². The molecular formula is C20H26Cl2N4O2. The molecule has 1 atom stereocenters. The van der Waals surface area contributed by atoms with E-state index < -0.39 is 0 Å². The number of piperazine rings is 1. The average molecular weight is 425 g/mol. The number of rotatable bonds is 5. The molecule has 1 fully saturated rings. The summed E-state index contributed by atoms with van der Waals surface area (Å²) in [6.07, 6.45) is 2.55. The Morgan fingerprint density at radius 1 is 1.18 bits per heavy atom. The van der Waals surface area contributed by atoms with Gasteiger partial charge in [-0.1, -0.05) is 37.3 Å². The normalized spacial score (nSPS) is 15.8. The van der Waals surface area contributed by atoms with Crippen LogP contribution in [-0.4, -0.2) is 47.9 Å². The summed E-state index contributed by atoms with van der Waals surface area (Å²) in [6, 6.07) is 13.5. The van der Waals surface area contributed by atoms with Gasteiger partial charge in [-0.05, 0) is 29.7 Å². The van der Waals surface area contributed by atoms with Gasteiger partial charge >= 0.3 is 0 Å². The summed E-state index contributed by atoms with van der Waals surface area (Å²) in [6.45, 7) is 4.18. The summed E-state index contributed by atoms with van der Waals surface area (Å²) in [4.78, 5) is 30.6. The molecule has 0 radical (unpaired) electrons. The maximum absolute atomic E-state index is 12.7. The fourth-order valence-electron chi connectivity index (χ4n) is 3.12. The first-order valence-corrected chi connectivity index (χ1v) is 8.97. The zero-order valence-corrected chi connectivity index (χ0v) is 17.4. The van der Waals surface area contributed by atoms with Crippen LogP contribution in [0.3, 0.4) is 0 Å². The van der Waals surface area contributed by atoms with Crippen molar-refractivity contribution in [2.24, 2.45) is 0 Å². The molecule has 6 nitrogen and oxygen atoms in total. The lowest BCUT2D eigenvalue weighted by Gasteiger charge is -2.36. The molecule has 0 spiro atoms. The second kappa shape index (κ2) is 11.6. The van der Waals surface area contributed by atoms with Crippen molar-refractivity contribution in [1.29, 1.82) is 0 Å². The number of aromatic nitrogens is 1. The monoisotopic (exact) mass is 424 g/mol. The second-order valence-corrected chi connectivity index (χ2v) is 6.30. The van der Waals surface area contributed by atoms with Gasteiger partial charge in [0, 0.05) is 25.8 Å². The number of nitrogens with zero attached hydrogens (tertiary/aromatic N) is 2. The Labute approximate surface area is 177 Å². The van der Waals surface area contributed by atoms with Crippen LogP contribution in [0.2, 0.25) is 0 Å². The smallest absolute Gasteiger partial charge is 0.270 e. The maximum Gasteiger partial charge on any atom is 0.270 e. The molecule has 2 aromatic rings. The number of carbonyl (C=O) groups is 2. The van der Waals surface area contributed by atoms with Crippen LogP contribution in [0.1, 0.15) is 34.6 Å². The number of pyridine rings is 1. The number of aryl methyl sites for hydroxylation is 1. The van der Waals surface area contributed by atoms with E-state index >= 15 is 0 Å². The Morgan fingerprint density at radius 2 is 1.93 bits per heavy atom. The molecule has 1 saturated heterocycles. The van der Waals surface area contributed by atoms with Crippen molar-refractivity contribution in [2.75, 3.05) is 26.2 Å². The van der Waals surface area contributed by atoms with Gasteiger partial charge in [0.2, 0.25) is 5.91 Å². The molecular weight excluding hydrogens is 399 g/mol. The number of amides is 2. The van der Waals surface area contributed by atoms with E-state index in [0.717, 1.165) is 18.5 Å². The van der Waals surface area contributed by atoms with Gasteiger partial charge in [-0.25, -0.2) is 0 Å². The third-order valence-electron chi connectivity index (χ3n) is 4.63. The highest BCUT2D eigenvalue weighted by Gasteiger charge is 2.27. The van der Waals surface area contributed by atoms with Crippen molar-refractivity contribution in [1.82, 2.24) is 20.5 Å².